The summed E-state index contributed by atoms with van der Waals surface area (Å²) in [6, 6.07) is 16.9. The second-order valence-electron chi connectivity index (χ2n) is 6.14. The van der Waals surface area contributed by atoms with E-state index in [1.54, 1.807) is 30.5 Å². The molecule has 0 fully saturated rings. The van der Waals surface area contributed by atoms with Crippen molar-refractivity contribution < 1.29 is 13.9 Å². The summed E-state index contributed by atoms with van der Waals surface area (Å²) in [5.41, 5.74) is 2.30. The molecule has 0 unspecified atom stereocenters. The van der Waals surface area contributed by atoms with Gasteiger partial charge in [0.1, 0.15) is 5.75 Å². The van der Waals surface area contributed by atoms with Crippen molar-refractivity contribution in [1.82, 2.24) is 14.8 Å². The normalized spacial score (nSPS) is 10.7. The highest BCUT2D eigenvalue weighted by Crippen LogP contribution is 2.23. The third kappa shape index (κ3) is 3.48. The van der Waals surface area contributed by atoms with Gasteiger partial charge >= 0.3 is 0 Å². The van der Waals surface area contributed by atoms with E-state index < -0.39 is 0 Å². The van der Waals surface area contributed by atoms with Crippen LogP contribution in [-0.4, -0.2) is 27.2 Å². The molecule has 28 heavy (non-hydrogen) atoms. The van der Waals surface area contributed by atoms with Crippen LogP contribution in [0.2, 0.25) is 0 Å². The summed E-state index contributed by atoms with van der Waals surface area (Å²) in [6.45, 7) is 0.467. The van der Waals surface area contributed by atoms with Gasteiger partial charge in [-0.2, -0.15) is 5.26 Å². The van der Waals surface area contributed by atoms with Crippen molar-refractivity contribution >= 4 is 16.7 Å². The van der Waals surface area contributed by atoms with Gasteiger partial charge in [-0.1, -0.05) is 18.2 Å². The first-order valence-corrected chi connectivity index (χ1v) is 8.73. The summed E-state index contributed by atoms with van der Waals surface area (Å²) in [5, 5.41) is 17.2. The topological polar surface area (TPSA) is 93.9 Å². The Bertz CT molecular complexity index is 1140. The van der Waals surface area contributed by atoms with Crippen LogP contribution in [-0.2, 0) is 6.54 Å². The van der Waals surface area contributed by atoms with Gasteiger partial charge < -0.3 is 13.7 Å². The number of ketones is 1. The van der Waals surface area contributed by atoms with E-state index in [0.29, 0.717) is 30.2 Å². The summed E-state index contributed by atoms with van der Waals surface area (Å²) in [7, 11) is 0. The van der Waals surface area contributed by atoms with E-state index in [2.05, 4.69) is 16.3 Å². The number of nitrogens with zero attached hydrogens (tertiary/aromatic N) is 4. The number of hydrogen-bond donors (Lipinski definition) is 0. The van der Waals surface area contributed by atoms with Crippen LogP contribution in [0, 0.1) is 11.3 Å². The van der Waals surface area contributed by atoms with E-state index in [1.807, 2.05) is 28.8 Å². The first-order chi connectivity index (χ1) is 13.8. The second-order valence-corrected chi connectivity index (χ2v) is 6.14. The quantitative estimate of drug-likeness (QED) is 0.457. The monoisotopic (exact) mass is 372 g/mol. The average Bonchev–Trinajstić information content (AvgIpc) is 3.39. The molecule has 4 rings (SSSR count). The van der Waals surface area contributed by atoms with E-state index in [4.69, 9.17) is 14.4 Å². The zero-order chi connectivity index (χ0) is 19.3. The molecule has 2 aromatic heterocycles. The summed E-state index contributed by atoms with van der Waals surface area (Å²) in [4.78, 5) is 12.7. The zero-order valence-electron chi connectivity index (χ0n) is 14.9. The maximum Gasteiger partial charge on any atom is 0.247 e. The molecule has 0 saturated heterocycles. The Hall–Kier alpha value is -3.92. The summed E-state index contributed by atoms with van der Waals surface area (Å²) in [5.74, 6) is 0.880. The molecule has 0 aliphatic heterocycles. The molecule has 0 saturated carbocycles. The molecule has 0 bridgehead atoms. The standard InChI is InChI=1S/C21H16N4O3/c22-10-3-11-25-12-18(17-4-1-2-5-19(17)25)20(26)13-27-16-8-6-15(7-9-16)21-24-23-14-28-21/h1-2,4-9,12,14H,3,11,13H2. The van der Waals surface area contributed by atoms with Gasteiger partial charge in [0.05, 0.1) is 12.5 Å². The molecule has 0 aliphatic carbocycles. The van der Waals surface area contributed by atoms with Crippen molar-refractivity contribution in [3.8, 4) is 23.3 Å². The Balaban J connectivity index is 1.49. The summed E-state index contributed by atoms with van der Waals surface area (Å²) >= 11 is 0. The van der Waals surface area contributed by atoms with E-state index in [-0.39, 0.29) is 12.4 Å². The fraction of sp³-hybridized carbons (Fsp3) is 0.143. The Labute approximate surface area is 160 Å². The van der Waals surface area contributed by atoms with Crippen molar-refractivity contribution in [3.05, 3.63) is 66.7 Å². The largest absolute Gasteiger partial charge is 0.485 e. The number of fused-ring (bicyclic) bond motifs is 1. The van der Waals surface area contributed by atoms with Crippen molar-refractivity contribution in [3.63, 3.8) is 0 Å². The first kappa shape index (κ1) is 17.5. The highest BCUT2D eigenvalue weighted by molar-refractivity contribution is 6.08. The molecule has 0 N–H and O–H groups in total. The second kappa shape index (κ2) is 7.76. The third-order valence-electron chi connectivity index (χ3n) is 4.38. The number of aromatic nitrogens is 3. The number of carbonyl (C=O) groups excluding carboxylic acids is 1. The van der Waals surface area contributed by atoms with Gasteiger partial charge in [-0.05, 0) is 30.3 Å². The number of ether oxygens (including phenoxy) is 1. The van der Waals surface area contributed by atoms with Crippen LogP contribution in [0.4, 0.5) is 0 Å². The predicted octanol–water partition coefficient (Wildman–Crippen LogP) is 3.87. The molecular weight excluding hydrogens is 356 g/mol. The molecule has 138 valence electrons. The van der Waals surface area contributed by atoms with Crippen LogP contribution in [0.5, 0.6) is 5.75 Å². The molecule has 2 aromatic carbocycles. The molecule has 2 heterocycles. The fourth-order valence-corrected chi connectivity index (χ4v) is 3.04. The SMILES string of the molecule is N#CCCn1cc(C(=O)COc2ccc(-c3nnco3)cc2)c2ccccc21. The fourth-order valence-electron chi connectivity index (χ4n) is 3.04. The van der Waals surface area contributed by atoms with Gasteiger partial charge in [-0.15, -0.1) is 10.2 Å². The van der Waals surface area contributed by atoms with Gasteiger partial charge in [0.2, 0.25) is 18.1 Å². The summed E-state index contributed by atoms with van der Waals surface area (Å²) < 4.78 is 12.7. The number of rotatable bonds is 7. The van der Waals surface area contributed by atoms with Crippen molar-refractivity contribution in [2.75, 3.05) is 6.61 Å². The van der Waals surface area contributed by atoms with E-state index in [1.165, 1.54) is 6.39 Å². The Morgan fingerprint density at radius 3 is 2.75 bits per heavy atom. The van der Waals surface area contributed by atoms with E-state index in [9.17, 15) is 4.79 Å². The first-order valence-electron chi connectivity index (χ1n) is 8.73. The van der Waals surface area contributed by atoms with Gasteiger partial charge in [-0.25, -0.2) is 0 Å². The average molecular weight is 372 g/mol. The van der Waals surface area contributed by atoms with Gasteiger partial charge in [0, 0.05) is 34.8 Å². The Morgan fingerprint density at radius 2 is 2.00 bits per heavy atom. The molecule has 0 radical (unpaired) electrons. The number of hydrogen-bond acceptors (Lipinski definition) is 6. The van der Waals surface area contributed by atoms with Crippen LogP contribution in [0.3, 0.4) is 0 Å². The van der Waals surface area contributed by atoms with Gasteiger partial charge in [0.15, 0.2) is 6.61 Å². The molecule has 4 aromatic rings. The number of benzene rings is 2. The molecule has 0 aliphatic rings. The van der Waals surface area contributed by atoms with Crippen molar-refractivity contribution in [2.24, 2.45) is 0 Å². The van der Waals surface area contributed by atoms with E-state index >= 15 is 0 Å². The molecule has 0 amide bonds. The minimum absolute atomic E-state index is 0.0772. The van der Waals surface area contributed by atoms with Gasteiger partial charge in [0.25, 0.3) is 0 Å². The number of para-hydroxylation sites is 1. The number of aryl methyl sites for hydroxylation is 1. The smallest absolute Gasteiger partial charge is 0.247 e. The minimum atomic E-state index is -0.118. The third-order valence-corrected chi connectivity index (χ3v) is 4.38. The molecule has 0 spiro atoms. The number of Topliss-reactive ketones (excluding diaryl/α,β-unsaturated/α-hetero) is 1. The Morgan fingerprint density at radius 1 is 1.18 bits per heavy atom. The van der Waals surface area contributed by atoms with Crippen molar-refractivity contribution in [2.45, 2.75) is 13.0 Å². The van der Waals surface area contributed by atoms with Crippen LogP contribution < -0.4 is 4.74 Å². The van der Waals surface area contributed by atoms with Gasteiger partial charge in [-0.3, -0.25) is 4.79 Å². The van der Waals surface area contributed by atoms with E-state index in [0.717, 1.165) is 16.5 Å². The lowest BCUT2D eigenvalue weighted by Crippen LogP contribution is -2.11. The minimum Gasteiger partial charge on any atom is -0.485 e. The Kier molecular flexibility index (Phi) is 4.85. The molecule has 7 heteroatoms. The van der Waals surface area contributed by atoms with Crippen LogP contribution >= 0.6 is 0 Å². The van der Waals surface area contributed by atoms with Crippen LogP contribution in [0.25, 0.3) is 22.4 Å². The lowest BCUT2D eigenvalue weighted by Gasteiger charge is -2.05. The zero-order valence-corrected chi connectivity index (χ0v) is 14.9. The van der Waals surface area contributed by atoms with Crippen molar-refractivity contribution in [1.29, 1.82) is 5.26 Å². The van der Waals surface area contributed by atoms with Crippen LogP contribution in [0.1, 0.15) is 16.8 Å². The van der Waals surface area contributed by atoms with Crippen LogP contribution in [0.15, 0.2) is 65.5 Å². The highest BCUT2D eigenvalue weighted by atomic mass is 16.5. The lowest BCUT2D eigenvalue weighted by atomic mass is 10.1. The molecule has 0 atom stereocenters. The lowest BCUT2D eigenvalue weighted by molar-refractivity contribution is 0.0923. The number of nitriles is 1. The number of carbonyl (C=O) groups is 1. The summed E-state index contributed by atoms with van der Waals surface area (Å²) in [6.07, 6.45) is 3.45. The molecule has 7 nitrogen and oxygen atoms in total. The predicted molar refractivity (Wildman–Crippen MR) is 102 cm³/mol. The maximum atomic E-state index is 12.7. The maximum absolute atomic E-state index is 12.7. The highest BCUT2D eigenvalue weighted by Gasteiger charge is 2.15. The molecular formula is C21H16N4O3.